The van der Waals surface area contributed by atoms with Crippen LogP contribution < -0.4 is 0 Å². The number of hydrogen-bond acceptors (Lipinski definition) is 1. The van der Waals surface area contributed by atoms with Crippen molar-refractivity contribution < 1.29 is 18.3 Å². The Morgan fingerprint density at radius 3 is 2.08 bits per heavy atom. The van der Waals surface area contributed by atoms with Gasteiger partial charge in [0.15, 0.2) is 17.5 Å². The molecule has 0 saturated heterocycles. The zero-order valence-electron chi connectivity index (χ0n) is 7.02. The van der Waals surface area contributed by atoms with Crippen LogP contribution in [-0.2, 0) is 0 Å². The Kier molecular flexibility index (Phi) is 2.93. The van der Waals surface area contributed by atoms with Crippen LogP contribution in [0, 0.1) is 17.5 Å². The fourth-order valence-electron chi connectivity index (χ4n) is 1.00. The molecule has 0 aliphatic heterocycles. The van der Waals surface area contributed by atoms with Gasteiger partial charge in [-0.25, -0.2) is 13.2 Å². The molecule has 0 radical (unpaired) electrons. The van der Waals surface area contributed by atoms with Gasteiger partial charge in [-0.1, -0.05) is 6.92 Å². The van der Waals surface area contributed by atoms with Gasteiger partial charge in [0.1, 0.15) is 0 Å². The molecule has 0 bridgehead atoms. The molecular formula is C9H9F3O. The number of halogens is 3. The number of rotatable bonds is 2. The van der Waals surface area contributed by atoms with E-state index in [4.69, 9.17) is 0 Å². The highest BCUT2D eigenvalue weighted by Crippen LogP contribution is 2.20. The summed E-state index contributed by atoms with van der Waals surface area (Å²) in [5.74, 6) is -4.06. The molecule has 0 saturated carbocycles. The van der Waals surface area contributed by atoms with Gasteiger partial charge >= 0.3 is 0 Å². The molecule has 1 nitrogen and oxygen atoms in total. The predicted octanol–water partition coefficient (Wildman–Crippen LogP) is 2.55. The fourth-order valence-corrected chi connectivity index (χ4v) is 1.00. The van der Waals surface area contributed by atoms with E-state index in [1.807, 2.05) is 0 Å². The summed E-state index contributed by atoms with van der Waals surface area (Å²) in [6.45, 7) is 1.66. The molecular weight excluding hydrogens is 181 g/mol. The molecule has 1 aromatic carbocycles. The first-order chi connectivity index (χ1) is 6.06. The van der Waals surface area contributed by atoms with E-state index in [0.717, 1.165) is 12.1 Å². The second kappa shape index (κ2) is 3.79. The van der Waals surface area contributed by atoms with Crippen LogP contribution in [0.5, 0.6) is 0 Å². The third kappa shape index (κ3) is 2.01. The van der Waals surface area contributed by atoms with Crippen LogP contribution in [0.3, 0.4) is 0 Å². The lowest BCUT2D eigenvalue weighted by Crippen LogP contribution is -2.00. The number of benzene rings is 1. The monoisotopic (exact) mass is 190 g/mol. The molecule has 13 heavy (non-hydrogen) atoms. The molecule has 1 atom stereocenters. The van der Waals surface area contributed by atoms with Crippen LogP contribution in [0.1, 0.15) is 25.0 Å². The molecule has 4 heteroatoms. The van der Waals surface area contributed by atoms with E-state index in [0.29, 0.717) is 6.42 Å². The van der Waals surface area contributed by atoms with E-state index >= 15 is 0 Å². The van der Waals surface area contributed by atoms with Crippen molar-refractivity contribution in [1.82, 2.24) is 0 Å². The van der Waals surface area contributed by atoms with E-state index in [2.05, 4.69) is 0 Å². The van der Waals surface area contributed by atoms with E-state index in [-0.39, 0.29) is 5.56 Å². The Morgan fingerprint density at radius 2 is 1.69 bits per heavy atom. The van der Waals surface area contributed by atoms with E-state index in [9.17, 15) is 18.3 Å². The third-order valence-electron chi connectivity index (χ3n) is 1.78. The van der Waals surface area contributed by atoms with Crippen LogP contribution in [0.25, 0.3) is 0 Å². The van der Waals surface area contributed by atoms with Crippen molar-refractivity contribution in [3.63, 3.8) is 0 Å². The SMILES string of the molecule is CC[C@H](O)c1cc(F)c(F)c(F)c1. The third-order valence-corrected chi connectivity index (χ3v) is 1.78. The molecule has 0 aliphatic carbocycles. The standard InChI is InChI=1S/C9H9F3O/c1-2-8(13)5-3-6(10)9(12)7(11)4-5/h3-4,8,13H,2H2,1H3/t8-/m0/s1. The molecule has 0 fully saturated rings. The molecule has 1 rings (SSSR count). The van der Waals surface area contributed by atoms with Crippen LogP contribution >= 0.6 is 0 Å². The second-order valence-electron chi connectivity index (χ2n) is 2.72. The normalized spacial score (nSPS) is 13.0. The summed E-state index contributed by atoms with van der Waals surface area (Å²) in [7, 11) is 0. The lowest BCUT2D eigenvalue weighted by Gasteiger charge is -2.08. The maximum atomic E-state index is 12.6. The summed E-state index contributed by atoms with van der Waals surface area (Å²) in [6.07, 6.45) is -0.630. The van der Waals surface area contributed by atoms with Crippen molar-refractivity contribution in [2.45, 2.75) is 19.4 Å². The molecule has 0 aromatic heterocycles. The second-order valence-corrected chi connectivity index (χ2v) is 2.72. The van der Waals surface area contributed by atoms with Gasteiger partial charge in [0, 0.05) is 0 Å². The Morgan fingerprint density at radius 1 is 1.23 bits per heavy atom. The van der Waals surface area contributed by atoms with Gasteiger partial charge in [0.2, 0.25) is 0 Å². The highest BCUT2D eigenvalue weighted by molar-refractivity contribution is 5.21. The van der Waals surface area contributed by atoms with E-state index in [1.54, 1.807) is 6.92 Å². The van der Waals surface area contributed by atoms with Crippen LogP contribution in [0.2, 0.25) is 0 Å². The lowest BCUT2D eigenvalue weighted by molar-refractivity contribution is 0.172. The van der Waals surface area contributed by atoms with Crippen molar-refractivity contribution in [2.75, 3.05) is 0 Å². The van der Waals surface area contributed by atoms with Gasteiger partial charge in [-0.3, -0.25) is 0 Å². The van der Waals surface area contributed by atoms with Crippen molar-refractivity contribution in [3.05, 3.63) is 35.1 Å². The van der Waals surface area contributed by atoms with Crippen LogP contribution in [0.4, 0.5) is 13.2 Å². The molecule has 0 spiro atoms. The van der Waals surface area contributed by atoms with Crippen LogP contribution in [-0.4, -0.2) is 5.11 Å². The maximum Gasteiger partial charge on any atom is 0.194 e. The first-order valence-corrected chi connectivity index (χ1v) is 3.88. The molecule has 0 amide bonds. The largest absolute Gasteiger partial charge is 0.388 e. The summed E-state index contributed by atoms with van der Waals surface area (Å²) >= 11 is 0. The minimum absolute atomic E-state index is 0.0545. The Labute approximate surface area is 73.8 Å². The minimum atomic E-state index is -1.51. The van der Waals surface area contributed by atoms with E-state index < -0.39 is 23.6 Å². The van der Waals surface area contributed by atoms with Gasteiger partial charge in [-0.2, -0.15) is 0 Å². The van der Waals surface area contributed by atoms with Crippen molar-refractivity contribution in [1.29, 1.82) is 0 Å². The smallest absolute Gasteiger partial charge is 0.194 e. The van der Waals surface area contributed by atoms with Crippen molar-refractivity contribution >= 4 is 0 Å². The van der Waals surface area contributed by atoms with Gasteiger partial charge in [-0.05, 0) is 24.1 Å². The first-order valence-electron chi connectivity index (χ1n) is 3.88. The van der Waals surface area contributed by atoms with Crippen LogP contribution in [0.15, 0.2) is 12.1 Å². The number of hydrogen-bond donors (Lipinski definition) is 1. The fraction of sp³-hybridized carbons (Fsp3) is 0.333. The van der Waals surface area contributed by atoms with Gasteiger partial charge in [-0.15, -0.1) is 0 Å². The average Bonchev–Trinajstić information content (AvgIpc) is 2.12. The maximum absolute atomic E-state index is 12.6. The topological polar surface area (TPSA) is 20.2 Å². The quantitative estimate of drug-likeness (QED) is 0.710. The van der Waals surface area contributed by atoms with Gasteiger partial charge in [0.25, 0.3) is 0 Å². The number of aliphatic hydroxyl groups is 1. The number of aliphatic hydroxyl groups excluding tert-OH is 1. The Bertz CT molecular complexity index is 289. The summed E-state index contributed by atoms with van der Waals surface area (Å²) < 4.78 is 37.7. The Hall–Kier alpha value is -1.03. The summed E-state index contributed by atoms with van der Waals surface area (Å²) in [6, 6.07) is 1.60. The molecule has 72 valence electrons. The first kappa shape index (κ1) is 10.1. The van der Waals surface area contributed by atoms with E-state index in [1.165, 1.54) is 0 Å². The van der Waals surface area contributed by atoms with Crippen molar-refractivity contribution in [3.8, 4) is 0 Å². The highest BCUT2D eigenvalue weighted by Gasteiger charge is 2.13. The minimum Gasteiger partial charge on any atom is -0.388 e. The molecule has 0 heterocycles. The summed E-state index contributed by atoms with van der Waals surface area (Å²) in [5, 5.41) is 9.21. The predicted molar refractivity (Wildman–Crippen MR) is 41.6 cm³/mol. The summed E-state index contributed by atoms with van der Waals surface area (Å²) in [4.78, 5) is 0. The molecule has 0 unspecified atom stereocenters. The lowest BCUT2D eigenvalue weighted by atomic mass is 10.1. The zero-order valence-corrected chi connectivity index (χ0v) is 7.02. The average molecular weight is 190 g/mol. The molecule has 1 aromatic rings. The Balaban J connectivity index is 3.13. The molecule has 0 aliphatic rings. The zero-order chi connectivity index (χ0) is 10.0. The van der Waals surface area contributed by atoms with Gasteiger partial charge < -0.3 is 5.11 Å². The highest BCUT2D eigenvalue weighted by atomic mass is 19.2. The van der Waals surface area contributed by atoms with Crippen molar-refractivity contribution in [2.24, 2.45) is 0 Å². The summed E-state index contributed by atoms with van der Waals surface area (Å²) in [5.41, 5.74) is 0.0545. The molecule has 1 N–H and O–H groups in total. The van der Waals surface area contributed by atoms with Gasteiger partial charge in [0.05, 0.1) is 6.10 Å².